The number of ketones is 1. The third kappa shape index (κ3) is 5.57. The second-order valence-corrected chi connectivity index (χ2v) is 7.30. The SMILES string of the molecule is CCc1ccc([C@H](NC(=O)OCc2ccccc2)[C@@H](C)C(=O)c2ccccc2)cc1. The first-order valence-electron chi connectivity index (χ1n) is 10.2. The van der Waals surface area contributed by atoms with Gasteiger partial charge in [0.1, 0.15) is 6.61 Å². The molecule has 3 aromatic rings. The van der Waals surface area contributed by atoms with Gasteiger partial charge in [-0.1, -0.05) is 98.8 Å². The van der Waals surface area contributed by atoms with Crippen LogP contribution in [0.2, 0.25) is 0 Å². The van der Waals surface area contributed by atoms with Gasteiger partial charge in [0, 0.05) is 11.5 Å². The lowest BCUT2D eigenvalue weighted by Crippen LogP contribution is -2.36. The molecule has 3 aromatic carbocycles. The molecule has 0 aliphatic carbocycles. The summed E-state index contributed by atoms with van der Waals surface area (Å²) in [7, 11) is 0. The van der Waals surface area contributed by atoms with E-state index in [1.807, 2.05) is 79.7 Å². The summed E-state index contributed by atoms with van der Waals surface area (Å²) in [6, 6.07) is 26.1. The number of benzene rings is 3. The number of carbonyl (C=O) groups is 2. The first-order chi connectivity index (χ1) is 14.6. The lowest BCUT2D eigenvalue weighted by atomic mass is 9.87. The van der Waals surface area contributed by atoms with Gasteiger partial charge in [0.25, 0.3) is 0 Å². The molecule has 0 saturated heterocycles. The summed E-state index contributed by atoms with van der Waals surface area (Å²) < 4.78 is 5.40. The summed E-state index contributed by atoms with van der Waals surface area (Å²) in [5.74, 6) is -0.479. The first kappa shape index (κ1) is 21.3. The molecule has 0 spiro atoms. The third-order valence-corrected chi connectivity index (χ3v) is 5.21. The number of nitrogens with one attached hydrogen (secondary N) is 1. The Labute approximate surface area is 177 Å². The van der Waals surface area contributed by atoms with Gasteiger partial charge in [-0.3, -0.25) is 4.79 Å². The second kappa shape index (κ2) is 10.4. The number of amides is 1. The van der Waals surface area contributed by atoms with Crippen molar-refractivity contribution in [1.29, 1.82) is 0 Å². The highest BCUT2D eigenvalue weighted by atomic mass is 16.5. The molecule has 3 rings (SSSR count). The van der Waals surface area contributed by atoms with E-state index in [2.05, 4.69) is 12.2 Å². The number of alkyl carbamates (subject to hydrolysis) is 1. The molecule has 1 N–H and O–H groups in total. The molecule has 154 valence electrons. The molecular weight excluding hydrogens is 374 g/mol. The number of hydrogen-bond acceptors (Lipinski definition) is 3. The molecule has 0 bridgehead atoms. The van der Waals surface area contributed by atoms with E-state index in [0.29, 0.717) is 5.56 Å². The van der Waals surface area contributed by atoms with Crippen molar-refractivity contribution in [2.75, 3.05) is 0 Å². The average Bonchev–Trinajstić information content (AvgIpc) is 2.81. The van der Waals surface area contributed by atoms with Gasteiger partial charge < -0.3 is 10.1 Å². The Hall–Kier alpha value is -3.40. The maximum Gasteiger partial charge on any atom is 0.407 e. The van der Waals surface area contributed by atoms with E-state index in [9.17, 15) is 9.59 Å². The van der Waals surface area contributed by atoms with Crippen molar-refractivity contribution in [2.24, 2.45) is 5.92 Å². The topological polar surface area (TPSA) is 55.4 Å². The molecule has 0 aliphatic heterocycles. The van der Waals surface area contributed by atoms with Gasteiger partial charge in [0.2, 0.25) is 0 Å². The van der Waals surface area contributed by atoms with Crippen LogP contribution in [0.1, 0.15) is 46.9 Å². The summed E-state index contributed by atoms with van der Waals surface area (Å²) >= 11 is 0. The highest BCUT2D eigenvalue weighted by Gasteiger charge is 2.28. The summed E-state index contributed by atoms with van der Waals surface area (Å²) in [5, 5.41) is 2.91. The lowest BCUT2D eigenvalue weighted by molar-refractivity contribution is 0.0891. The molecule has 0 aromatic heterocycles. The van der Waals surface area contributed by atoms with Crippen molar-refractivity contribution in [1.82, 2.24) is 5.32 Å². The molecule has 0 unspecified atom stereocenters. The highest BCUT2D eigenvalue weighted by Crippen LogP contribution is 2.26. The fraction of sp³-hybridized carbons (Fsp3) is 0.231. The second-order valence-electron chi connectivity index (χ2n) is 7.30. The van der Waals surface area contributed by atoms with Gasteiger partial charge in [-0.25, -0.2) is 4.79 Å². The summed E-state index contributed by atoms with van der Waals surface area (Å²) in [6.07, 6.45) is 0.381. The van der Waals surface area contributed by atoms with Crippen molar-refractivity contribution >= 4 is 11.9 Å². The predicted molar refractivity (Wildman–Crippen MR) is 118 cm³/mol. The van der Waals surface area contributed by atoms with Gasteiger partial charge in [-0.2, -0.15) is 0 Å². The summed E-state index contributed by atoms with van der Waals surface area (Å²) in [6.45, 7) is 4.10. The van der Waals surface area contributed by atoms with Crippen LogP contribution in [-0.4, -0.2) is 11.9 Å². The van der Waals surface area contributed by atoms with Crippen LogP contribution in [0.25, 0.3) is 0 Å². The zero-order valence-electron chi connectivity index (χ0n) is 17.4. The summed E-state index contributed by atoms with van der Waals surface area (Å²) in [5.41, 5.74) is 3.61. The van der Waals surface area contributed by atoms with E-state index >= 15 is 0 Å². The number of carbonyl (C=O) groups excluding carboxylic acids is 2. The molecule has 0 fully saturated rings. The molecule has 1 amide bonds. The molecule has 0 radical (unpaired) electrons. The fourth-order valence-corrected chi connectivity index (χ4v) is 3.37. The Morgan fingerprint density at radius 1 is 0.833 bits per heavy atom. The van der Waals surface area contributed by atoms with Gasteiger partial charge in [0.05, 0.1) is 6.04 Å². The monoisotopic (exact) mass is 401 g/mol. The van der Waals surface area contributed by atoms with E-state index in [1.165, 1.54) is 5.56 Å². The van der Waals surface area contributed by atoms with Crippen molar-refractivity contribution < 1.29 is 14.3 Å². The van der Waals surface area contributed by atoms with Crippen molar-refractivity contribution in [3.63, 3.8) is 0 Å². The van der Waals surface area contributed by atoms with Gasteiger partial charge >= 0.3 is 6.09 Å². The van der Waals surface area contributed by atoms with Gasteiger partial charge in [0.15, 0.2) is 5.78 Å². The van der Waals surface area contributed by atoms with Crippen LogP contribution in [0.3, 0.4) is 0 Å². The number of ether oxygens (including phenoxy) is 1. The van der Waals surface area contributed by atoms with E-state index in [4.69, 9.17) is 4.74 Å². The number of aryl methyl sites for hydroxylation is 1. The molecular formula is C26H27NO3. The van der Waals surface area contributed by atoms with E-state index in [1.54, 1.807) is 12.1 Å². The van der Waals surface area contributed by atoms with E-state index in [-0.39, 0.29) is 12.4 Å². The van der Waals surface area contributed by atoms with Crippen LogP contribution >= 0.6 is 0 Å². The lowest BCUT2D eigenvalue weighted by Gasteiger charge is -2.25. The largest absolute Gasteiger partial charge is 0.445 e. The van der Waals surface area contributed by atoms with Crippen LogP contribution < -0.4 is 5.32 Å². The molecule has 0 saturated carbocycles. The highest BCUT2D eigenvalue weighted by molar-refractivity contribution is 5.98. The smallest absolute Gasteiger partial charge is 0.407 e. The summed E-state index contributed by atoms with van der Waals surface area (Å²) in [4.78, 5) is 25.6. The van der Waals surface area contributed by atoms with E-state index in [0.717, 1.165) is 17.5 Å². The molecule has 0 heterocycles. The predicted octanol–water partition coefficient (Wildman–Crippen LogP) is 5.74. The molecule has 30 heavy (non-hydrogen) atoms. The Morgan fingerprint density at radius 2 is 1.43 bits per heavy atom. The standard InChI is InChI=1S/C26H27NO3/c1-3-20-14-16-22(17-15-20)24(19(2)25(28)23-12-8-5-9-13-23)27-26(29)30-18-21-10-6-4-7-11-21/h4-17,19,24H,3,18H2,1-2H3,(H,27,29)/t19-,24-/m1/s1. The van der Waals surface area contributed by atoms with Crippen LogP contribution in [0, 0.1) is 5.92 Å². The third-order valence-electron chi connectivity index (χ3n) is 5.21. The fourth-order valence-electron chi connectivity index (χ4n) is 3.37. The maximum absolute atomic E-state index is 13.1. The zero-order chi connectivity index (χ0) is 21.3. The van der Waals surface area contributed by atoms with Crippen LogP contribution in [0.15, 0.2) is 84.9 Å². The molecule has 4 nitrogen and oxygen atoms in total. The Balaban J connectivity index is 1.77. The molecule has 0 aliphatic rings. The quantitative estimate of drug-likeness (QED) is 0.490. The first-order valence-corrected chi connectivity index (χ1v) is 10.2. The Kier molecular flexibility index (Phi) is 7.39. The maximum atomic E-state index is 13.1. The van der Waals surface area contributed by atoms with Gasteiger partial charge in [-0.15, -0.1) is 0 Å². The molecule has 2 atom stereocenters. The van der Waals surface area contributed by atoms with Gasteiger partial charge in [-0.05, 0) is 23.1 Å². The Bertz CT molecular complexity index is 953. The molecule has 4 heteroatoms. The van der Waals surface area contributed by atoms with Crippen LogP contribution in [-0.2, 0) is 17.8 Å². The Morgan fingerprint density at radius 3 is 2.03 bits per heavy atom. The minimum absolute atomic E-state index is 0.0245. The normalized spacial score (nSPS) is 12.6. The average molecular weight is 402 g/mol. The minimum atomic E-state index is -0.545. The number of rotatable bonds is 8. The minimum Gasteiger partial charge on any atom is -0.445 e. The zero-order valence-corrected chi connectivity index (χ0v) is 17.4. The van der Waals surface area contributed by atoms with Crippen LogP contribution in [0.5, 0.6) is 0 Å². The van der Waals surface area contributed by atoms with Crippen molar-refractivity contribution in [2.45, 2.75) is 32.9 Å². The number of hydrogen-bond donors (Lipinski definition) is 1. The number of Topliss-reactive ketones (excluding diaryl/α,β-unsaturated/α-hetero) is 1. The van der Waals surface area contributed by atoms with E-state index < -0.39 is 18.1 Å². The van der Waals surface area contributed by atoms with Crippen molar-refractivity contribution in [3.05, 3.63) is 107 Å². The van der Waals surface area contributed by atoms with Crippen LogP contribution in [0.4, 0.5) is 4.79 Å². The van der Waals surface area contributed by atoms with Crippen molar-refractivity contribution in [3.8, 4) is 0 Å².